The first-order valence-corrected chi connectivity index (χ1v) is 3.57. The second-order valence-electron chi connectivity index (χ2n) is 3.58. The Hall–Kier alpha value is -0.150. The summed E-state index contributed by atoms with van der Waals surface area (Å²) in [5.41, 5.74) is -0.322. The van der Waals surface area contributed by atoms with Crippen LogP contribution in [0.3, 0.4) is 0 Å². The van der Waals surface area contributed by atoms with Gasteiger partial charge in [-0.1, -0.05) is 13.8 Å². The molecule has 0 bridgehead atoms. The number of alkyl halides is 1. The average molecular weight is 147 g/mol. The van der Waals surface area contributed by atoms with Crippen molar-refractivity contribution in [2.75, 3.05) is 13.1 Å². The minimum absolute atomic E-state index is 0.282. The van der Waals surface area contributed by atoms with E-state index >= 15 is 0 Å². The highest BCUT2D eigenvalue weighted by Crippen LogP contribution is 2.26. The van der Waals surface area contributed by atoms with E-state index in [2.05, 4.69) is 5.32 Å². The molecule has 0 saturated carbocycles. The molecule has 1 rings (SSSR count). The molecule has 10 heavy (non-hydrogen) atoms. The summed E-state index contributed by atoms with van der Waals surface area (Å²) in [6, 6.07) is 0. The summed E-state index contributed by atoms with van der Waals surface area (Å²) < 4.78 is 12.8. The summed E-state index contributed by atoms with van der Waals surface area (Å²) in [5.74, 6) is 0. The Kier molecular flexibility index (Phi) is 1.97. The van der Waals surface area contributed by atoms with Crippen LogP contribution in [0.15, 0.2) is 0 Å². The monoisotopic (exact) mass is 147 g/mol. The molecule has 0 aromatic heterocycles. The quantitative estimate of drug-likeness (QED) is 0.517. The predicted molar refractivity (Wildman–Crippen MR) is 37.6 cm³/mol. The summed E-state index contributed by atoms with van der Waals surface area (Å²) in [4.78, 5) is 0. The van der Waals surface area contributed by atoms with E-state index in [-0.39, 0.29) is 12.0 Å². The number of aliphatic hydroxyl groups excluding tert-OH is 1. The van der Waals surface area contributed by atoms with Crippen molar-refractivity contribution in [3.05, 3.63) is 0 Å². The zero-order chi connectivity index (χ0) is 7.78. The number of piperidine rings is 1. The summed E-state index contributed by atoms with van der Waals surface area (Å²) in [7, 11) is 0. The Bertz CT molecular complexity index is 127. The lowest BCUT2D eigenvalue weighted by molar-refractivity contribution is -0.0346. The van der Waals surface area contributed by atoms with E-state index < -0.39 is 12.3 Å². The van der Waals surface area contributed by atoms with Gasteiger partial charge in [-0.05, 0) is 0 Å². The maximum Gasteiger partial charge on any atom is 0.139 e. The first kappa shape index (κ1) is 7.95. The van der Waals surface area contributed by atoms with Gasteiger partial charge in [-0.25, -0.2) is 4.39 Å². The average Bonchev–Trinajstić information content (AvgIpc) is 1.83. The highest BCUT2D eigenvalue weighted by Gasteiger charge is 2.37. The standard InChI is InChI=1S/C7H14FNO/c1-7(2)4-9-3-5(8)6(7)10/h5-6,9-10H,3-4H2,1-2H3/t5-,6-/m1/s1. The van der Waals surface area contributed by atoms with Gasteiger partial charge in [0.25, 0.3) is 0 Å². The molecule has 1 saturated heterocycles. The summed E-state index contributed by atoms with van der Waals surface area (Å²) in [6.07, 6.45) is -1.92. The van der Waals surface area contributed by atoms with E-state index in [0.717, 1.165) is 0 Å². The Morgan fingerprint density at radius 3 is 2.60 bits per heavy atom. The molecule has 0 aromatic carbocycles. The smallest absolute Gasteiger partial charge is 0.139 e. The molecule has 1 heterocycles. The number of aliphatic hydroxyl groups is 1. The number of hydrogen-bond donors (Lipinski definition) is 2. The SMILES string of the molecule is CC1(C)CNC[C@@H](F)[C@H]1O. The van der Waals surface area contributed by atoms with Gasteiger partial charge in [0.05, 0.1) is 6.10 Å². The van der Waals surface area contributed by atoms with E-state index in [1.165, 1.54) is 0 Å². The van der Waals surface area contributed by atoms with Crippen LogP contribution in [0.2, 0.25) is 0 Å². The molecule has 2 N–H and O–H groups in total. The summed E-state index contributed by atoms with van der Waals surface area (Å²) >= 11 is 0. The third-order valence-electron chi connectivity index (χ3n) is 2.06. The zero-order valence-corrected chi connectivity index (χ0v) is 6.39. The van der Waals surface area contributed by atoms with Gasteiger partial charge in [0, 0.05) is 18.5 Å². The number of hydrogen-bond acceptors (Lipinski definition) is 2. The van der Waals surface area contributed by atoms with Crippen LogP contribution in [0.1, 0.15) is 13.8 Å². The molecule has 0 aliphatic carbocycles. The van der Waals surface area contributed by atoms with Crippen molar-refractivity contribution in [2.45, 2.75) is 26.1 Å². The third kappa shape index (κ3) is 1.30. The number of halogens is 1. The highest BCUT2D eigenvalue weighted by atomic mass is 19.1. The van der Waals surface area contributed by atoms with Gasteiger partial charge in [-0.2, -0.15) is 0 Å². The maximum atomic E-state index is 12.8. The number of nitrogens with one attached hydrogen (secondary N) is 1. The molecular weight excluding hydrogens is 133 g/mol. The van der Waals surface area contributed by atoms with Crippen molar-refractivity contribution in [2.24, 2.45) is 5.41 Å². The Morgan fingerprint density at radius 2 is 2.20 bits per heavy atom. The van der Waals surface area contributed by atoms with E-state index in [9.17, 15) is 9.50 Å². The minimum atomic E-state index is -1.11. The van der Waals surface area contributed by atoms with Crippen molar-refractivity contribution < 1.29 is 9.50 Å². The highest BCUT2D eigenvalue weighted by molar-refractivity contribution is 4.90. The van der Waals surface area contributed by atoms with Crippen LogP contribution in [0.4, 0.5) is 4.39 Å². The van der Waals surface area contributed by atoms with Gasteiger partial charge in [-0.3, -0.25) is 0 Å². The summed E-state index contributed by atoms with van der Waals surface area (Å²) in [6.45, 7) is 4.69. The van der Waals surface area contributed by atoms with Gasteiger partial charge in [-0.15, -0.1) is 0 Å². The molecule has 1 aliphatic heterocycles. The molecule has 0 radical (unpaired) electrons. The second kappa shape index (κ2) is 2.47. The molecule has 60 valence electrons. The fourth-order valence-electron chi connectivity index (χ4n) is 1.24. The lowest BCUT2D eigenvalue weighted by Gasteiger charge is -2.37. The molecule has 2 nitrogen and oxygen atoms in total. The van der Waals surface area contributed by atoms with Gasteiger partial charge >= 0.3 is 0 Å². The van der Waals surface area contributed by atoms with E-state index in [0.29, 0.717) is 6.54 Å². The van der Waals surface area contributed by atoms with Crippen molar-refractivity contribution in [1.29, 1.82) is 0 Å². The van der Waals surface area contributed by atoms with Crippen molar-refractivity contribution in [3.63, 3.8) is 0 Å². The molecular formula is C7H14FNO. The van der Waals surface area contributed by atoms with Crippen molar-refractivity contribution in [1.82, 2.24) is 5.32 Å². The fraction of sp³-hybridized carbons (Fsp3) is 1.00. The molecule has 1 aliphatic rings. The van der Waals surface area contributed by atoms with Gasteiger partial charge in [0.15, 0.2) is 0 Å². The number of rotatable bonds is 0. The molecule has 0 unspecified atom stereocenters. The van der Waals surface area contributed by atoms with E-state index in [4.69, 9.17) is 0 Å². The molecule has 0 amide bonds. The molecule has 0 spiro atoms. The van der Waals surface area contributed by atoms with E-state index in [1.807, 2.05) is 13.8 Å². The molecule has 0 aromatic rings. The van der Waals surface area contributed by atoms with Crippen LogP contribution < -0.4 is 5.32 Å². The molecule has 1 fully saturated rings. The van der Waals surface area contributed by atoms with Crippen LogP contribution in [0, 0.1) is 5.41 Å². The molecule has 2 atom stereocenters. The van der Waals surface area contributed by atoms with Crippen LogP contribution in [0.5, 0.6) is 0 Å². The van der Waals surface area contributed by atoms with Crippen molar-refractivity contribution in [3.8, 4) is 0 Å². The Morgan fingerprint density at radius 1 is 1.60 bits per heavy atom. The third-order valence-corrected chi connectivity index (χ3v) is 2.06. The zero-order valence-electron chi connectivity index (χ0n) is 6.39. The lowest BCUT2D eigenvalue weighted by atomic mass is 9.81. The summed E-state index contributed by atoms with van der Waals surface area (Å²) in [5, 5.41) is 12.2. The van der Waals surface area contributed by atoms with E-state index in [1.54, 1.807) is 0 Å². The van der Waals surface area contributed by atoms with Crippen molar-refractivity contribution >= 4 is 0 Å². The van der Waals surface area contributed by atoms with Crippen LogP contribution >= 0.6 is 0 Å². The van der Waals surface area contributed by atoms with Crippen LogP contribution in [-0.2, 0) is 0 Å². The van der Waals surface area contributed by atoms with Crippen LogP contribution in [0.25, 0.3) is 0 Å². The second-order valence-corrected chi connectivity index (χ2v) is 3.58. The first-order valence-electron chi connectivity index (χ1n) is 3.57. The topological polar surface area (TPSA) is 32.3 Å². The van der Waals surface area contributed by atoms with Gasteiger partial charge < -0.3 is 10.4 Å². The minimum Gasteiger partial charge on any atom is -0.389 e. The Balaban J connectivity index is 2.60. The van der Waals surface area contributed by atoms with Gasteiger partial charge in [0.1, 0.15) is 6.17 Å². The fourth-order valence-corrected chi connectivity index (χ4v) is 1.24. The maximum absolute atomic E-state index is 12.8. The lowest BCUT2D eigenvalue weighted by Crippen LogP contribution is -2.53. The normalized spacial score (nSPS) is 39.6. The predicted octanol–water partition coefficient (Wildman–Crippen LogP) is 0.315. The molecule has 3 heteroatoms. The van der Waals surface area contributed by atoms with Gasteiger partial charge in [0.2, 0.25) is 0 Å². The van der Waals surface area contributed by atoms with Crippen LogP contribution in [-0.4, -0.2) is 30.5 Å². The Labute approximate surface area is 60.4 Å². The largest absolute Gasteiger partial charge is 0.389 e. The first-order chi connectivity index (χ1) is 4.54.